The van der Waals surface area contributed by atoms with E-state index in [0.717, 1.165) is 0 Å². The maximum absolute atomic E-state index is 14.8. The number of rotatable bonds is 9. The van der Waals surface area contributed by atoms with E-state index >= 15 is 0 Å². The summed E-state index contributed by atoms with van der Waals surface area (Å²) < 4.78 is 58.9. The van der Waals surface area contributed by atoms with E-state index in [1.807, 2.05) is 0 Å². The Hall–Kier alpha value is -1.68. The van der Waals surface area contributed by atoms with Gasteiger partial charge in [-0.15, -0.1) is 0 Å². The second kappa shape index (κ2) is 8.36. The zero-order valence-corrected chi connectivity index (χ0v) is 16.5. The van der Waals surface area contributed by atoms with Crippen molar-refractivity contribution in [2.24, 2.45) is 11.8 Å². The number of hydrogen-bond acceptors (Lipinski definition) is 7. The van der Waals surface area contributed by atoms with Crippen LogP contribution in [0.5, 0.6) is 0 Å². The number of H-pyrrole nitrogens is 1. The molecule has 2 atom stereocenters. The van der Waals surface area contributed by atoms with Crippen LogP contribution in [0.25, 0.3) is 11.2 Å². The molecule has 1 aliphatic heterocycles. The van der Waals surface area contributed by atoms with Gasteiger partial charge in [-0.1, -0.05) is 0 Å². The molecule has 9 nitrogen and oxygen atoms in total. The molecule has 28 heavy (non-hydrogen) atoms. The molecule has 2 aromatic rings. The van der Waals surface area contributed by atoms with E-state index in [0.29, 0.717) is 12.2 Å². The monoisotopic (exact) mass is 420 g/mol. The molecule has 0 unspecified atom stereocenters. The standard InChI is InChI=1S/C16H23F2N4O5P/c1-3-26-28(24,27-4-2)16(17,18)5-11-7-25-8-12(11)6-22-10-21-13-14(22)19-9-20-15(13)23/h9-12H,3-8H2,1-2H3,(H,19,20,23)/t11-,12-/m1/s1. The number of halogens is 2. The Morgan fingerprint density at radius 3 is 2.64 bits per heavy atom. The fourth-order valence-electron chi connectivity index (χ4n) is 3.34. The first-order chi connectivity index (χ1) is 13.3. The zero-order valence-electron chi connectivity index (χ0n) is 15.6. The van der Waals surface area contributed by atoms with Crippen molar-refractivity contribution >= 4 is 18.8 Å². The van der Waals surface area contributed by atoms with Crippen molar-refractivity contribution in [2.75, 3.05) is 26.4 Å². The summed E-state index contributed by atoms with van der Waals surface area (Å²) in [7, 11) is -4.58. The molecule has 0 aliphatic carbocycles. The van der Waals surface area contributed by atoms with Crippen molar-refractivity contribution in [1.82, 2.24) is 19.5 Å². The average molecular weight is 420 g/mol. The molecular formula is C16H23F2N4O5P. The van der Waals surface area contributed by atoms with Crippen molar-refractivity contribution in [1.29, 1.82) is 0 Å². The number of aromatic nitrogens is 4. The fourth-order valence-corrected chi connectivity index (χ4v) is 4.93. The predicted octanol–water partition coefficient (Wildman–Crippen LogP) is 2.63. The Morgan fingerprint density at radius 2 is 1.96 bits per heavy atom. The first-order valence-electron chi connectivity index (χ1n) is 9.04. The maximum Gasteiger partial charge on any atom is 0.399 e. The largest absolute Gasteiger partial charge is 0.399 e. The van der Waals surface area contributed by atoms with Crippen molar-refractivity contribution in [3.05, 3.63) is 23.0 Å². The predicted molar refractivity (Wildman–Crippen MR) is 96.4 cm³/mol. The smallest absolute Gasteiger partial charge is 0.381 e. The van der Waals surface area contributed by atoms with Crippen LogP contribution in [0.1, 0.15) is 20.3 Å². The molecule has 2 aromatic heterocycles. The van der Waals surface area contributed by atoms with Crippen LogP contribution in [-0.2, 0) is 24.9 Å². The lowest BCUT2D eigenvalue weighted by Crippen LogP contribution is -2.29. The number of aromatic amines is 1. The summed E-state index contributed by atoms with van der Waals surface area (Å²) >= 11 is 0. The van der Waals surface area contributed by atoms with Gasteiger partial charge in [0.15, 0.2) is 11.2 Å². The number of imidazole rings is 1. The van der Waals surface area contributed by atoms with Gasteiger partial charge in [-0.25, -0.2) is 9.97 Å². The SMILES string of the molecule is CCOP(=O)(OCC)C(F)(F)C[C@@H]1COC[C@H]1Cn1cnc2c(=O)[nH]cnc21. The van der Waals surface area contributed by atoms with Gasteiger partial charge in [0.25, 0.3) is 5.56 Å². The lowest BCUT2D eigenvalue weighted by atomic mass is 9.93. The zero-order chi connectivity index (χ0) is 20.4. The van der Waals surface area contributed by atoms with E-state index in [1.54, 1.807) is 4.57 Å². The Morgan fingerprint density at radius 1 is 1.29 bits per heavy atom. The third-order valence-electron chi connectivity index (χ3n) is 4.68. The number of fused-ring (bicyclic) bond motifs is 1. The number of alkyl halides is 2. The van der Waals surface area contributed by atoms with E-state index in [2.05, 4.69) is 15.0 Å². The highest BCUT2D eigenvalue weighted by Gasteiger charge is 2.55. The highest BCUT2D eigenvalue weighted by atomic mass is 31.2. The van der Waals surface area contributed by atoms with Crippen LogP contribution >= 0.6 is 7.60 Å². The average Bonchev–Trinajstić information content (AvgIpc) is 3.24. The minimum atomic E-state index is -4.58. The molecule has 0 radical (unpaired) electrons. The Balaban J connectivity index is 1.78. The van der Waals surface area contributed by atoms with Crippen LogP contribution in [0.2, 0.25) is 0 Å². The first kappa shape index (κ1) is 21.0. The summed E-state index contributed by atoms with van der Waals surface area (Å²) in [5.41, 5.74) is -3.46. The minimum absolute atomic E-state index is 0.110. The number of ether oxygens (including phenoxy) is 1. The van der Waals surface area contributed by atoms with Gasteiger partial charge in [-0.05, 0) is 19.8 Å². The Kier molecular flexibility index (Phi) is 6.28. The molecule has 156 valence electrons. The van der Waals surface area contributed by atoms with E-state index in [4.69, 9.17) is 13.8 Å². The summed E-state index contributed by atoms with van der Waals surface area (Å²) in [6.07, 6.45) is 2.03. The quantitative estimate of drug-likeness (QED) is 0.621. The second-order valence-corrected chi connectivity index (χ2v) is 8.73. The number of nitrogens with zero attached hydrogens (tertiary/aromatic N) is 3. The highest BCUT2D eigenvalue weighted by Crippen LogP contribution is 2.64. The molecule has 0 amide bonds. The first-order valence-corrected chi connectivity index (χ1v) is 10.6. The third kappa shape index (κ3) is 4.03. The topological polar surface area (TPSA) is 108 Å². The molecule has 0 saturated carbocycles. The van der Waals surface area contributed by atoms with Gasteiger partial charge in [0.1, 0.15) is 0 Å². The van der Waals surface area contributed by atoms with Gasteiger partial charge in [-0.3, -0.25) is 9.36 Å². The molecule has 1 fully saturated rings. The van der Waals surface area contributed by atoms with E-state index in [1.165, 1.54) is 26.5 Å². The van der Waals surface area contributed by atoms with Crippen molar-refractivity contribution in [2.45, 2.75) is 32.5 Å². The molecule has 0 spiro atoms. The molecule has 3 rings (SSSR count). The Bertz CT molecular complexity index is 908. The van der Waals surface area contributed by atoms with Crippen LogP contribution in [-0.4, -0.2) is 51.6 Å². The van der Waals surface area contributed by atoms with Crippen LogP contribution in [0.3, 0.4) is 0 Å². The van der Waals surface area contributed by atoms with Crippen LogP contribution in [0.15, 0.2) is 17.4 Å². The number of nitrogens with one attached hydrogen (secondary N) is 1. The van der Waals surface area contributed by atoms with Gasteiger partial charge >= 0.3 is 13.3 Å². The number of hydrogen-bond donors (Lipinski definition) is 1. The van der Waals surface area contributed by atoms with E-state index < -0.39 is 25.6 Å². The second-order valence-electron chi connectivity index (χ2n) is 6.56. The van der Waals surface area contributed by atoms with Crippen molar-refractivity contribution < 1.29 is 27.1 Å². The van der Waals surface area contributed by atoms with E-state index in [-0.39, 0.29) is 43.4 Å². The fraction of sp³-hybridized carbons (Fsp3) is 0.688. The molecule has 0 bridgehead atoms. The van der Waals surface area contributed by atoms with Crippen LogP contribution < -0.4 is 5.56 Å². The molecule has 12 heteroatoms. The van der Waals surface area contributed by atoms with Gasteiger partial charge < -0.3 is 23.3 Å². The van der Waals surface area contributed by atoms with Gasteiger partial charge in [0.05, 0.1) is 39.1 Å². The molecule has 3 heterocycles. The summed E-state index contributed by atoms with van der Waals surface area (Å²) in [5, 5.41) is 0. The van der Waals surface area contributed by atoms with Crippen molar-refractivity contribution in [3.63, 3.8) is 0 Å². The minimum Gasteiger partial charge on any atom is -0.381 e. The molecule has 1 aliphatic rings. The van der Waals surface area contributed by atoms with Gasteiger partial charge in [-0.2, -0.15) is 8.78 Å². The van der Waals surface area contributed by atoms with Gasteiger partial charge in [0.2, 0.25) is 0 Å². The summed E-state index contributed by atoms with van der Waals surface area (Å²) in [5.74, 6) is -0.857. The summed E-state index contributed by atoms with van der Waals surface area (Å²) in [4.78, 5) is 22.3. The van der Waals surface area contributed by atoms with Crippen molar-refractivity contribution in [3.8, 4) is 0 Å². The summed E-state index contributed by atoms with van der Waals surface area (Å²) in [6, 6.07) is 0. The molecular weight excluding hydrogens is 397 g/mol. The molecule has 1 saturated heterocycles. The molecule has 1 N–H and O–H groups in total. The Labute approximate surface area is 159 Å². The normalized spacial score (nSPS) is 20.9. The third-order valence-corrected chi connectivity index (χ3v) is 6.86. The molecule has 0 aromatic carbocycles. The summed E-state index contributed by atoms with van der Waals surface area (Å²) in [6.45, 7) is 3.36. The van der Waals surface area contributed by atoms with Gasteiger partial charge in [0, 0.05) is 18.9 Å². The van der Waals surface area contributed by atoms with E-state index in [9.17, 15) is 18.1 Å². The lowest BCUT2D eigenvalue weighted by molar-refractivity contribution is 0.0118. The maximum atomic E-state index is 14.8. The highest BCUT2D eigenvalue weighted by molar-refractivity contribution is 7.55. The van der Waals surface area contributed by atoms with Crippen LogP contribution in [0, 0.1) is 11.8 Å². The van der Waals surface area contributed by atoms with Crippen LogP contribution in [0.4, 0.5) is 8.78 Å². The lowest BCUT2D eigenvalue weighted by Gasteiger charge is -2.29.